The van der Waals surface area contributed by atoms with E-state index in [1.165, 1.54) is 11.3 Å². The number of urea groups is 1. The molecule has 9 heteroatoms. The molecule has 0 unspecified atom stereocenters. The molecule has 32 heavy (non-hydrogen) atoms. The predicted octanol–water partition coefficient (Wildman–Crippen LogP) is 4.78. The summed E-state index contributed by atoms with van der Waals surface area (Å²) in [5.74, 6) is 1.50. The Labute approximate surface area is 195 Å². The van der Waals surface area contributed by atoms with E-state index in [0.29, 0.717) is 28.6 Å². The molecule has 2 aliphatic heterocycles. The van der Waals surface area contributed by atoms with Crippen LogP contribution in [0.15, 0.2) is 42.5 Å². The smallest absolute Gasteiger partial charge is 0.315 e. The van der Waals surface area contributed by atoms with Crippen molar-refractivity contribution in [3.05, 3.63) is 47.5 Å². The van der Waals surface area contributed by atoms with Crippen LogP contribution in [0, 0.1) is 0 Å². The van der Waals surface area contributed by atoms with Gasteiger partial charge in [-0.05, 0) is 68.1 Å². The Morgan fingerprint density at radius 3 is 2.59 bits per heavy atom. The maximum atomic E-state index is 11.6. The summed E-state index contributed by atoms with van der Waals surface area (Å²) in [6.45, 7) is 1.33. The summed E-state index contributed by atoms with van der Waals surface area (Å²) in [5, 5.41) is 4.81. The summed E-state index contributed by atoms with van der Waals surface area (Å²) in [6.07, 6.45) is 4.04. The number of benzene rings is 2. The summed E-state index contributed by atoms with van der Waals surface area (Å²) in [7, 11) is 0. The van der Waals surface area contributed by atoms with Crippen LogP contribution >= 0.6 is 22.9 Å². The van der Waals surface area contributed by atoms with Crippen LogP contribution in [0.1, 0.15) is 25.7 Å². The van der Waals surface area contributed by atoms with Crippen LogP contribution in [0.5, 0.6) is 16.7 Å². The molecule has 5 rings (SSSR count). The van der Waals surface area contributed by atoms with Crippen molar-refractivity contribution in [2.75, 3.05) is 13.2 Å². The van der Waals surface area contributed by atoms with Crippen LogP contribution in [0.25, 0.3) is 10.2 Å². The van der Waals surface area contributed by atoms with E-state index in [-0.39, 0.29) is 18.1 Å². The minimum atomic E-state index is -0.278. The number of nitrogens with one attached hydrogen (secondary N) is 1. The number of amides is 2. The average molecular weight is 473 g/mol. The molecule has 3 aromatic rings. The average Bonchev–Trinajstić information content (AvgIpc) is 3.29. The monoisotopic (exact) mass is 472 g/mol. The van der Waals surface area contributed by atoms with Crippen molar-refractivity contribution in [3.8, 4) is 16.7 Å². The molecule has 1 aromatic heterocycles. The molecule has 3 atom stereocenters. The number of hydrogen-bond acceptors (Lipinski definition) is 6. The Bertz CT molecular complexity index is 1090. The number of carbonyl (C=O) groups excluding carboxylic acids is 1. The molecule has 0 spiro atoms. The zero-order valence-corrected chi connectivity index (χ0v) is 19.1. The van der Waals surface area contributed by atoms with Gasteiger partial charge in [-0.2, -0.15) is 0 Å². The van der Waals surface area contributed by atoms with Crippen LogP contribution in [-0.2, 0) is 0 Å². The molecule has 7 nitrogen and oxygen atoms in total. The van der Waals surface area contributed by atoms with E-state index in [1.807, 2.05) is 47.4 Å². The number of rotatable bonds is 7. The van der Waals surface area contributed by atoms with Gasteiger partial charge in [0, 0.05) is 29.7 Å². The zero-order valence-electron chi connectivity index (χ0n) is 17.5. The van der Waals surface area contributed by atoms with Crippen molar-refractivity contribution in [3.63, 3.8) is 0 Å². The topological polar surface area (TPSA) is 89.7 Å². The number of primary amides is 1. The highest BCUT2D eigenvalue weighted by Gasteiger charge is 2.42. The van der Waals surface area contributed by atoms with Crippen LogP contribution in [-0.4, -0.2) is 47.2 Å². The lowest BCUT2D eigenvalue weighted by molar-refractivity contribution is 0.136. The van der Waals surface area contributed by atoms with E-state index in [2.05, 4.69) is 10.3 Å². The van der Waals surface area contributed by atoms with Gasteiger partial charge >= 0.3 is 6.03 Å². The fraction of sp³-hybridized carbons (Fsp3) is 0.391. The molecule has 0 saturated carbocycles. The van der Waals surface area contributed by atoms with Crippen molar-refractivity contribution in [2.45, 2.75) is 43.8 Å². The molecular weight excluding hydrogens is 448 g/mol. The van der Waals surface area contributed by atoms with E-state index in [1.54, 1.807) is 0 Å². The summed E-state index contributed by atoms with van der Waals surface area (Å²) in [4.78, 5) is 18.0. The Kier molecular flexibility index (Phi) is 6.08. The predicted molar refractivity (Wildman–Crippen MR) is 126 cm³/mol. The first-order chi connectivity index (χ1) is 15.5. The largest absolute Gasteiger partial charge is 0.492 e. The number of ether oxygens (including phenoxy) is 2. The summed E-state index contributed by atoms with van der Waals surface area (Å²) >= 11 is 7.50. The number of thiazole rings is 1. The summed E-state index contributed by atoms with van der Waals surface area (Å²) in [5.41, 5.74) is 6.36. The van der Waals surface area contributed by atoms with Crippen molar-refractivity contribution >= 4 is 39.2 Å². The first kappa shape index (κ1) is 21.3. The molecule has 3 N–H and O–H groups in total. The fourth-order valence-corrected chi connectivity index (χ4v) is 5.74. The number of fused-ring (bicyclic) bond motifs is 3. The van der Waals surface area contributed by atoms with Gasteiger partial charge < -0.3 is 25.4 Å². The lowest BCUT2D eigenvalue weighted by atomic mass is 9.98. The number of piperidine rings is 1. The van der Waals surface area contributed by atoms with Crippen LogP contribution < -0.4 is 20.5 Å². The third kappa shape index (κ3) is 4.62. The Balaban J connectivity index is 1.07. The number of nitrogens with two attached hydrogens (primary N) is 1. The normalized spacial score (nSPS) is 22.3. The van der Waals surface area contributed by atoms with E-state index in [9.17, 15) is 4.79 Å². The minimum Gasteiger partial charge on any atom is -0.492 e. The fourth-order valence-electron chi connectivity index (χ4n) is 4.76. The number of nitrogens with zero attached hydrogens (tertiary/aromatic N) is 2. The highest BCUT2D eigenvalue weighted by molar-refractivity contribution is 7.20. The van der Waals surface area contributed by atoms with Gasteiger partial charge in [-0.25, -0.2) is 9.78 Å². The quantitative estimate of drug-likeness (QED) is 0.483. The molecule has 2 aromatic carbocycles. The first-order valence-corrected chi connectivity index (χ1v) is 12.0. The standard InChI is InChI=1S/C23H25ClN4O3S/c24-14-1-8-21-20(11-14)27-23(32-21)31-19-6-4-18(5-7-19)30-10-9-26-15-12-16-2-3-17(13-15)28(16)22(25)29/h1,4-8,11,15-17,26H,2-3,9-10,12-13H2,(H2,25,29)/t15-,16+,17-. The molecule has 0 aliphatic carbocycles. The number of aromatic nitrogens is 1. The van der Waals surface area contributed by atoms with Gasteiger partial charge in [0.15, 0.2) is 0 Å². The van der Waals surface area contributed by atoms with Gasteiger partial charge in [0.25, 0.3) is 5.19 Å². The second-order valence-electron chi connectivity index (χ2n) is 8.27. The van der Waals surface area contributed by atoms with E-state index in [0.717, 1.165) is 48.2 Å². The molecule has 2 bridgehead atoms. The maximum Gasteiger partial charge on any atom is 0.315 e. The van der Waals surface area contributed by atoms with Crippen molar-refractivity contribution in [1.82, 2.24) is 15.2 Å². The van der Waals surface area contributed by atoms with E-state index in [4.69, 9.17) is 26.8 Å². The van der Waals surface area contributed by atoms with Gasteiger partial charge in [-0.15, -0.1) is 0 Å². The minimum absolute atomic E-state index is 0.278. The SMILES string of the molecule is NC(=O)N1[C@@H]2CC[C@H]1C[C@@H](NCCOc1ccc(Oc3nc4cc(Cl)ccc4s3)cc1)C2. The number of halogens is 1. The Morgan fingerprint density at radius 2 is 1.88 bits per heavy atom. The lowest BCUT2D eigenvalue weighted by Gasteiger charge is -2.38. The second-order valence-corrected chi connectivity index (χ2v) is 9.70. The maximum absolute atomic E-state index is 11.6. The molecule has 2 saturated heterocycles. The molecule has 2 fully saturated rings. The first-order valence-electron chi connectivity index (χ1n) is 10.8. The van der Waals surface area contributed by atoms with Gasteiger partial charge in [-0.1, -0.05) is 22.9 Å². The lowest BCUT2D eigenvalue weighted by Crippen LogP contribution is -2.53. The third-order valence-electron chi connectivity index (χ3n) is 6.15. The highest BCUT2D eigenvalue weighted by Crippen LogP contribution is 2.35. The highest BCUT2D eigenvalue weighted by atomic mass is 35.5. The van der Waals surface area contributed by atoms with Crippen LogP contribution in [0.3, 0.4) is 0 Å². The van der Waals surface area contributed by atoms with Crippen molar-refractivity contribution in [2.24, 2.45) is 5.73 Å². The molecule has 3 heterocycles. The van der Waals surface area contributed by atoms with Gasteiger partial charge in [0.1, 0.15) is 18.1 Å². The number of carbonyl (C=O) groups is 1. The summed E-state index contributed by atoms with van der Waals surface area (Å²) in [6, 6.07) is 13.9. The van der Waals surface area contributed by atoms with Crippen LogP contribution in [0.4, 0.5) is 4.79 Å². The Morgan fingerprint density at radius 1 is 1.16 bits per heavy atom. The molecule has 168 valence electrons. The van der Waals surface area contributed by atoms with Gasteiger partial charge in [0.2, 0.25) is 0 Å². The molecule has 0 radical (unpaired) electrons. The van der Waals surface area contributed by atoms with Gasteiger partial charge in [0.05, 0.1) is 10.2 Å². The second kappa shape index (κ2) is 9.13. The zero-order chi connectivity index (χ0) is 22.1. The molecule has 2 aliphatic rings. The van der Waals surface area contributed by atoms with Gasteiger partial charge in [-0.3, -0.25) is 0 Å². The molecule has 2 amide bonds. The molecular formula is C23H25ClN4O3S. The van der Waals surface area contributed by atoms with E-state index >= 15 is 0 Å². The number of hydrogen-bond donors (Lipinski definition) is 2. The van der Waals surface area contributed by atoms with Crippen molar-refractivity contribution in [1.29, 1.82) is 0 Å². The van der Waals surface area contributed by atoms with E-state index < -0.39 is 0 Å². The van der Waals surface area contributed by atoms with Crippen LogP contribution in [0.2, 0.25) is 5.02 Å². The van der Waals surface area contributed by atoms with Crippen molar-refractivity contribution < 1.29 is 14.3 Å². The third-order valence-corrected chi connectivity index (χ3v) is 7.30. The Hall–Kier alpha value is -2.55. The summed E-state index contributed by atoms with van der Waals surface area (Å²) < 4.78 is 12.8.